The van der Waals surface area contributed by atoms with Crippen molar-refractivity contribution in [3.63, 3.8) is 0 Å². The fourth-order valence-electron chi connectivity index (χ4n) is 5.47. The normalized spacial score (nSPS) is 21.0. The molecule has 10 heteroatoms. The number of rotatable bonds is 2. The minimum absolute atomic E-state index is 0.100. The molecule has 0 radical (unpaired) electrons. The number of nitrogens with zero attached hydrogens (tertiary/aromatic N) is 4. The van der Waals surface area contributed by atoms with Crippen molar-refractivity contribution in [2.24, 2.45) is 0 Å². The highest BCUT2D eigenvalue weighted by Crippen LogP contribution is 2.46. The summed E-state index contributed by atoms with van der Waals surface area (Å²) in [5.74, 6) is -0.0522. The highest BCUT2D eigenvalue weighted by Gasteiger charge is 2.44. The van der Waals surface area contributed by atoms with Crippen LogP contribution in [0.5, 0.6) is 5.75 Å². The molecule has 4 heterocycles. The van der Waals surface area contributed by atoms with E-state index >= 15 is 0 Å². The van der Waals surface area contributed by atoms with Gasteiger partial charge in [-0.3, -0.25) is 4.79 Å². The number of fused-ring (bicyclic) bond motifs is 2. The largest absolute Gasteiger partial charge is 0.489 e. The van der Waals surface area contributed by atoms with Crippen LogP contribution in [0.3, 0.4) is 0 Å². The van der Waals surface area contributed by atoms with E-state index in [1.165, 1.54) is 6.07 Å². The van der Waals surface area contributed by atoms with Crippen molar-refractivity contribution < 1.29 is 23.5 Å². The van der Waals surface area contributed by atoms with Gasteiger partial charge in [-0.25, -0.2) is 14.2 Å². The number of ether oxygens (including phenoxy) is 2. The number of amides is 2. The lowest BCUT2D eigenvalue weighted by Crippen LogP contribution is -2.58. The highest BCUT2D eigenvalue weighted by molar-refractivity contribution is 6.35. The molecule has 2 saturated heterocycles. The molecule has 2 aromatic rings. The molecule has 2 fully saturated rings. The third-order valence-electron chi connectivity index (χ3n) is 7.39. The zero-order chi connectivity index (χ0) is 27.4. The van der Waals surface area contributed by atoms with Crippen LogP contribution in [0.4, 0.5) is 15.0 Å². The van der Waals surface area contributed by atoms with Crippen LogP contribution >= 0.6 is 11.6 Å². The smallest absolute Gasteiger partial charge is 0.410 e. The Kier molecular flexibility index (Phi) is 6.70. The van der Waals surface area contributed by atoms with Crippen LogP contribution in [-0.4, -0.2) is 76.8 Å². The molecule has 0 N–H and O–H groups in total. The lowest BCUT2D eigenvalue weighted by atomic mass is 10.0. The number of pyridine rings is 1. The van der Waals surface area contributed by atoms with Crippen molar-refractivity contribution in [2.75, 3.05) is 37.7 Å². The zero-order valence-corrected chi connectivity index (χ0v) is 23.3. The maximum absolute atomic E-state index is 14.9. The Hall–Kier alpha value is -3.07. The Morgan fingerprint density at radius 2 is 1.95 bits per heavy atom. The summed E-state index contributed by atoms with van der Waals surface area (Å²) in [6.07, 6.45) is 1.44. The van der Waals surface area contributed by atoms with Crippen molar-refractivity contribution in [1.82, 2.24) is 14.8 Å². The molecule has 3 aliphatic heterocycles. The van der Waals surface area contributed by atoms with Gasteiger partial charge >= 0.3 is 6.09 Å². The maximum atomic E-state index is 14.9. The summed E-state index contributed by atoms with van der Waals surface area (Å²) >= 11 is 6.84. The lowest BCUT2D eigenvalue weighted by Gasteiger charge is -2.40. The van der Waals surface area contributed by atoms with Gasteiger partial charge in [0.2, 0.25) is 0 Å². The monoisotopic (exact) mass is 544 g/mol. The first-order valence-corrected chi connectivity index (χ1v) is 13.4. The quantitative estimate of drug-likeness (QED) is 0.506. The summed E-state index contributed by atoms with van der Waals surface area (Å²) < 4.78 is 26.7. The van der Waals surface area contributed by atoms with E-state index in [9.17, 15) is 14.0 Å². The number of halogens is 2. The van der Waals surface area contributed by atoms with E-state index in [1.807, 2.05) is 20.8 Å². The van der Waals surface area contributed by atoms with Crippen molar-refractivity contribution in [3.05, 3.63) is 40.7 Å². The molecule has 0 aliphatic carbocycles. The number of carbonyl (C=O) groups excluding carboxylic acids is 2. The molecule has 0 bridgehead atoms. The molecule has 1 aromatic carbocycles. The Bertz CT molecular complexity index is 1280. The number of carbonyl (C=O) groups is 2. The van der Waals surface area contributed by atoms with Gasteiger partial charge in [0, 0.05) is 37.3 Å². The minimum Gasteiger partial charge on any atom is -0.489 e. The molecule has 0 spiro atoms. The number of aromatic nitrogens is 1. The highest BCUT2D eigenvalue weighted by atomic mass is 35.5. The van der Waals surface area contributed by atoms with Crippen LogP contribution in [-0.2, 0) is 4.74 Å². The fraction of sp³-hybridized carbons (Fsp3) is 0.536. The summed E-state index contributed by atoms with van der Waals surface area (Å²) in [5, 5.41) is 0.100. The average Bonchev–Trinajstić information content (AvgIpc) is 3.12. The first-order valence-electron chi connectivity index (χ1n) is 13.0. The van der Waals surface area contributed by atoms with Crippen LogP contribution in [0.2, 0.25) is 5.02 Å². The maximum Gasteiger partial charge on any atom is 0.410 e. The Labute approximate surface area is 227 Å². The van der Waals surface area contributed by atoms with Crippen LogP contribution in [0, 0.1) is 5.82 Å². The van der Waals surface area contributed by atoms with Gasteiger partial charge in [0.15, 0.2) is 5.75 Å². The van der Waals surface area contributed by atoms with Crippen molar-refractivity contribution in [2.45, 2.75) is 64.6 Å². The minimum atomic E-state index is -0.625. The summed E-state index contributed by atoms with van der Waals surface area (Å²) in [4.78, 5) is 37.2. The second kappa shape index (κ2) is 9.59. The number of hydrogen-bond donors (Lipinski definition) is 0. The Morgan fingerprint density at radius 1 is 1.21 bits per heavy atom. The molecule has 38 heavy (non-hydrogen) atoms. The Morgan fingerprint density at radius 3 is 2.61 bits per heavy atom. The average molecular weight is 545 g/mol. The lowest BCUT2D eigenvalue weighted by molar-refractivity contribution is 0.000952. The van der Waals surface area contributed by atoms with Gasteiger partial charge in [0.05, 0.1) is 11.7 Å². The second-order valence-electron chi connectivity index (χ2n) is 11.7. The molecule has 0 unspecified atom stereocenters. The predicted molar refractivity (Wildman–Crippen MR) is 143 cm³/mol. The molecule has 204 valence electrons. The van der Waals surface area contributed by atoms with E-state index in [0.29, 0.717) is 31.0 Å². The van der Waals surface area contributed by atoms with Gasteiger partial charge in [-0.15, -0.1) is 0 Å². The van der Waals surface area contributed by atoms with Crippen LogP contribution in [0.25, 0.3) is 11.3 Å². The third-order valence-corrected chi connectivity index (χ3v) is 7.74. The first kappa shape index (κ1) is 26.5. The van der Waals surface area contributed by atoms with Gasteiger partial charge in [-0.1, -0.05) is 23.7 Å². The molecule has 5 rings (SSSR count). The van der Waals surface area contributed by atoms with Gasteiger partial charge in [0.25, 0.3) is 5.91 Å². The fourth-order valence-corrected chi connectivity index (χ4v) is 5.76. The number of anilines is 1. The van der Waals surface area contributed by atoms with E-state index in [-0.39, 0.29) is 46.6 Å². The van der Waals surface area contributed by atoms with Gasteiger partial charge in [-0.05, 0) is 59.6 Å². The number of benzene rings is 1. The van der Waals surface area contributed by atoms with Crippen molar-refractivity contribution in [3.8, 4) is 17.0 Å². The van der Waals surface area contributed by atoms with E-state index in [2.05, 4.69) is 18.7 Å². The predicted octanol–water partition coefficient (Wildman–Crippen LogP) is 5.37. The standard InChI is InChI=1S/C28H34ClFN4O4/c1-27(2,3)38-26(36)32-13-14-33-17(15-32)16-37-23-20(25(33)35)24(34-12-8-11-28(34,4)5)31-22(21(23)29)18-9-6-7-10-19(18)30/h6-7,9-10,17H,8,11-16H2,1-5H3/t17-/m1/s1. The SMILES string of the molecule is CC(C)(C)OC(=O)N1CCN2C(=O)c3c(N4CCCC4(C)C)nc(-c4ccccc4F)c(Cl)c3OC[C@H]2C1. The van der Waals surface area contributed by atoms with E-state index in [1.54, 1.807) is 28.0 Å². The molecular formula is C28H34ClFN4O4. The van der Waals surface area contributed by atoms with Gasteiger partial charge in [0.1, 0.15) is 34.4 Å². The van der Waals surface area contributed by atoms with Crippen molar-refractivity contribution in [1.29, 1.82) is 0 Å². The third kappa shape index (κ3) is 4.77. The van der Waals surface area contributed by atoms with Crippen LogP contribution in [0.15, 0.2) is 24.3 Å². The summed E-state index contributed by atoms with van der Waals surface area (Å²) in [7, 11) is 0. The molecular weight excluding hydrogens is 511 g/mol. The Balaban J connectivity index is 1.58. The summed E-state index contributed by atoms with van der Waals surface area (Å²) in [6.45, 7) is 11.4. The first-order chi connectivity index (χ1) is 17.9. The molecule has 8 nitrogen and oxygen atoms in total. The van der Waals surface area contributed by atoms with E-state index in [4.69, 9.17) is 26.1 Å². The van der Waals surface area contributed by atoms with E-state index < -0.39 is 23.6 Å². The molecule has 3 aliphatic rings. The van der Waals surface area contributed by atoms with Crippen LogP contribution in [0.1, 0.15) is 57.8 Å². The molecule has 0 saturated carbocycles. The molecule has 2 amide bonds. The van der Waals surface area contributed by atoms with Crippen molar-refractivity contribution >= 4 is 29.4 Å². The molecule has 1 aromatic heterocycles. The van der Waals surface area contributed by atoms with Gasteiger partial charge in [-0.2, -0.15) is 0 Å². The van der Waals surface area contributed by atoms with Crippen LogP contribution < -0.4 is 9.64 Å². The molecule has 1 atom stereocenters. The summed E-state index contributed by atoms with van der Waals surface area (Å²) in [5.41, 5.74) is -0.113. The topological polar surface area (TPSA) is 75.2 Å². The number of piperazine rings is 1. The zero-order valence-electron chi connectivity index (χ0n) is 22.5. The second-order valence-corrected chi connectivity index (χ2v) is 12.1. The number of hydrogen-bond acceptors (Lipinski definition) is 6. The van der Waals surface area contributed by atoms with Gasteiger partial charge < -0.3 is 24.2 Å². The van der Waals surface area contributed by atoms with E-state index in [0.717, 1.165) is 12.8 Å². The summed E-state index contributed by atoms with van der Waals surface area (Å²) in [6, 6.07) is 5.91.